The summed E-state index contributed by atoms with van der Waals surface area (Å²) in [4.78, 5) is 23.2. The van der Waals surface area contributed by atoms with Crippen molar-refractivity contribution in [1.82, 2.24) is 5.32 Å². The van der Waals surface area contributed by atoms with Crippen molar-refractivity contribution in [3.8, 4) is 5.75 Å². The Morgan fingerprint density at radius 2 is 1.84 bits per heavy atom. The minimum absolute atomic E-state index is 0.00718. The number of carbonyl (C=O) groups is 2. The van der Waals surface area contributed by atoms with Crippen LogP contribution in [0.25, 0.3) is 0 Å². The molecule has 4 nitrogen and oxygen atoms in total. The maximum absolute atomic E-state index is 12.1. The van der Waals surface area contributed by atoms with Crippen LogP contribution in [0.2, 0.25) is 0 Å². The van der Waals surface area contributed by atoms with Gasteiger partial charge in [-0.2, -0.15) is 0 Å². The van der Waals surface area contributed by atoms with Crippen LogP contribution in [0.3, 0.4) is 0 Å². The zero-order valence-corrected chi connectivity index (χ0v) is 12.0. The van der Waals surface area contributed by atoms with Crippen LogP contribution in [-0.2, 0) is 4.79 Å². The Bertz CT molecular complexity index is 481. The van der Waals surface area contributed by atoms with Crippen LogP contribution in [0.4, 0.5) is 0 Å². The van der Waals surface area contributed by atoms with E-state index in [-0.39, 0.29) is 24.5 Å². The highest BCUT2D eigenvalue weighted by Gasteiger charge is 2.13. The van der Waals surface area contributed by atoms with E-state index in [4.69, 9.17) is 4.74 Å². The second kappa shape index (κ2) is 6.92. The van der Waals surface area contributed by atoms with Crippen LogP contribution in [-0.4, -0.2) is 25.3 Å². The summed E-state index contributed by atoms with van der Waals surface area (Å²) in [6, 6.07) is 3.72. The van der Waals surface area contributed by atoms with Crippen LogP contribution in [0.5, 0.6) is 5.75 Å². The van der Waals surface area contributed by atoms with Gasteiger partial charge in [0.1, 0.15) is 5.75 Å². The van der Waals surface area contributed by atoms with Gasteiger partial charge in [-0.25, -0.2) is 0 Å². The van der Waals surface area contributed by atoms with Gasteiger partial charge in [-0.3, -0.25) is 9.59 Å². The first kappa shape index (κ1) is 15.2. The summed E-state index contributed by atoms with van der Waals surface area (Å²) in [5.41, 5.74) is 2.50. The van der Waals surface area contributed by atoms with Gasteiger partial charge in [-0.1, -0.05) is 0 Å². The van der Waals surface area contributed by atoms with E-state index < -0.39 is 0 Å². The number of carbonyl (C=O) groups excluding carboxylic acids is 2. The summed E-state index contributed by atoms with van der Waals surface area (Å²) >= 11 is 0. The Kier molecular flexibility index (Phi) is 5.55. The minimum Gasteiger partial charge on any atom is -0.494 e. The maximum Gasteiger partial charge on any atom is 0.220 e. The highest BCUT2D eigenvalue weighted by Crippen LogP contribution is 2.24. The number of Topliss-reactive ketones (excluding diaryl/α,β-unsaturated/α-hetero) is 1. The number of amides is 1. The fourth-order valence-corrected chi connectivity index (χ4v) is 1.89. The molecule has 1 amide bonds. The Hall–Kier alpha value is -1.84. The van der Waals surface area contributed by atoms with Crippen LogP contribution >= 0.6 is 0 Å². The zero-order valence-electron chi connectivity index (χ0n) is 12.0. The largest absolute Gasteiger partial charge is 0.494 e. The number of rotatable bonds is 6. The van der Waals surface area contributed by atoms with E-state index in [1.165, 1.54) is 0 Å². The van der Waals surface area contributed by atoms with Crippen LogP contribution in [0, 0.1) is 13.8 Å². The first-order chi connectivity index (χ1) is 8.99. The monoisotopic (exact) mass is 263 g/mol. The van der Waals surface area contributed by atoms with Crippen molar-refractivity contribution in [3.05, 3.63) is 28.8 Å². The molecule has 1 aromatic carbocycles. The molecule has 0 atom stereocenters. The van der Waals surface area contributed by atoms with Gasteiger partial charge in [0.15, 0.2) is 5.78 Å². The lowest BCUT2D eigenvalue weighted by molar-refractivity contribution is -0.120. The molecule has 104 valence electrons. The molecular weight excluding hydrogens is 242 g/mol. The normalized spacial score (nSPS) is 10.1. The van der Waals surface area contributed by atoms with Crippen molar-refractivity contribution in [2.75, 3.05) is 13.7 Å². The van der Waals surface area contributed by atoms with Gasteiger partial charge >= 0.3 is 0 Å². The summed E-state index contributed by atoms with van der Waals surface area (Å²) in [5, 5.41) is 2.51. The van der Waals surface area contributed by atoms with Crippen LogP contribution < -0.4 is 10.1 Å². The Morgan fingerprint density at radius 3 is 2.42 bits per heavy atom. The van der Waals surface area contributed by atoms with Crippen LogP contribution in [0.1, 0.15) is 41.3 Å². The average molecular weight is 263 g/mol. The van der Waals surface area contributed by atoms with E-state index >= 15 is 0 Å². The summed E-state index contributed by atoms with van der Waals surface area (Å²) in [6.45, 7) is 6.33. The molecule has 4 heteroatoms. The second-order valence-corrected chi connectivity index (χ2v) is 4.46. The molecule has 0 radical (unpaired) electrons. The SMILES string of the molecule is CCOc1cc(C)c(C(=O)CCC(=O)NC)cc1C. The van der Waals surface area contributed by atoms with Gasteiger partial charge in [0.05, 0.1) is 6.61 Å². The lowest BCUT2D eigenvalue weighted by Crippen LogP contribution is -2.18. The van der Waals surface area contributed by atoms with Crippen LogP contribution in [0.15, 0.2) is 12.1 Å². The molecule has 0 saturated heterocycles. The van der Waals surface area contributed by atoms with Crippen molar-refractivity contribution in [2.24, 2.45) is 0 Å². The van der Waals surface area contributed by atoms with Crippen molar-refractivity contribution < 1.29 is 14.3 Å². The third-order valence-electron chi connectivity index (χ3n) is 2.98. The number of nitrogens with one attached hydrogen (secondary N) is 1. The summed E-state index contributed by atoms with van der Waals surface area (Å²) in [7, 11) is 1.57. The molecule has 0 bridgehead atoms. The highest BCUT2D eigenvalue weighted by molar-refractivity contribution is 5.99. The molecule has 0 saturated carbocycles. The molecule has 0 heterocycles. The van der Waals surface area contributed by atoms with E-state index in [9.17, 15) is 9.59 Å². The minimum atomic E-state index is -0.117. The molecule has 0 aliphatic carbocycles. The van der Waals surface area contributed by atoms with Crippen molar-refractivity contribution in [1.29, 1.82) is 0 Å². The van der Waals surface area contributed by atoms with Gasteiger partial charge in [0, 0.05) is 25.5 Å². The smallest absolute Gasteiger partial charge is 0.220 e. The first-order valence-electron chi connectivity index (χ1n) is 6.47. The van der Waals surface area contributed by atoms with E-state index in [2.05, 4.69) is 5.32 Å². The predicted octanol–water partition coefficient (Wildman–Crippen LogP) is 2.41. The summed E-state index contributed by atoms with van der Waals surface area (Å²) < 4.78 is 5.49. The molecule has 0 unspecified atom stereocenters. The van der Waals surface area contributed by atoms with E-state index in [1.807, 2.05) is 32.9 Å². The van der Waals surface area contributed by atoms with Gasteiger partial charge in [0.25, 0.3) is 0 Å². The lowest BCUT2D eigenvalue weighted by Gasteiger charge is -2.11. The fraction of sp³-hybridized carbons (Fsp3) is 0.467. The molecule has 0 aliphatic heterocycles. The quantitative estimate of drug-likeness (QED) is 0.802. The standard InChI is InChI=1S/C15H21NO3/c1-5-19-14-9-10(2)12(8-11(14)3)13(17)6-7-15(18)16-4/h8-9H,5-7H2,1-4H3,(H,16,18). The van der Waals surface area contributed by atoms with Gasteiger partial charge in [-0.05, 0) is 44.0 Å². The van der Waals surface area contributed by atoms with Crippen molar-refractivity contribution in [3.63, 3.8) is 0 Å². The van der Waals surface area contributed by atoms with E-state index in [1.54, 1.807) is 7.05 Å². The third kappa shape index (κ3) is 4.09. The Morgan fingerprint density at radius 1 is 1.16 bits per heavy atom. The fourth-order valence-electron chi connectivity index (χ4n) is 1.89. The van der Waals surface area contributed by atoms with Crippen molar-refractivity contribution in [2.45, 2.75) is 33.6 Å². The van der Waals surface area contributed by atoms with Crippen molar-refractivity contribution >= 4 is 11.7 Å². The summed E-state index contributed by atoms with van der Waals surface area (Å²) in [6.07, 6.45) is 0.453. The molecule has 0 fully saturated rings. The number of benzene rings is 1. The first-order valence-corrected chi connectivity index (χ1v) is 6.47. The number of hydrogen-bond acceptors (Lipinski definition) is 3. The summed E-state index contributed by atoms with van der Waals surface area (Å²) in [5.74, 6) is 0.684. The predicted molar refractivity (Wildman–Crippen MR) is 74.7 cm³/mol. The topological polar surface area (TPSA) is 55.4 Å². The van der Waals surface area contributed by atoms with Gasteiger partial charge in [-0.15, -0.1) is 0 Å². The van der Waals surface area contributed by atoms with Gasteiger partial charge < -0.3 is 10.1 Å². The molecule has 1 rings (SSSR count). The van der Waals surface area contributed by atoms with E-state index in [0.29, 0.717) is 12.2 Å². The number of ketones is 1. The number of hydrogen-bond donors (Lipinski definition) is 1. The second-order valence-electron chi connectivity index (χ2n) is 4.46. The number of aryl methyl sites for hydroxylation is 2. The third-order valence-corrected chi connectivity index (χ3v) is 2.98. The van der Waals surface area contributed by atoms with Gasteiger partial charge in [0.2, 0.25) is 5.91 Å². The number of ether oxygens (including phenoxy) is 1. The molecule has 1 N–H and O–H groups in total. The highest BCUT2D eigenvalue weighted by atomic mass is 16.5. The zero-order chi connectivity index (χ0) is 14.4. The molecule has 1 aromatic rings. The molecular formula is C15H21NO3. The maximum atomic E-state index is 12.1. The molecule has 0 spiro atoms. The molecule has 19 heavy (non-hydrogen) atoms. The Balaban J connectivity index is 2.86. The van der Waals surface area contributed by atoms with E-state index in [0.717, 1.165) is 16.9 Å². The average Bonchev–Trinajstić information content (AvgIpc) is 2.39. The Labute approximate surface area is 114 Å². The molecule has 0 aromatic heterocycles. The molecule has 0 aliphatic rings. The lowest BCUT2D eigenvalue weighted by atomic mass is 9.98.